The number of thiophene rings is 1. The maximum Gasteiger partial charge on any atom is 0.265 e. The molecule has 1 aliphatic heterocycles. The highest BCUT2D eigenvalue weighted by Gasteiger charge is 2.26. The molecule has 7 heteroatoms. The van der Waals surface area contributed by atoms with E-state index in [0.29, 0.717) is 27.7 Å². The van der Waals surface area contributed by atoms with Crippen molar-refractivity contribution in [3.8, 4) is 5.69 Å². The predicted molar refractivity (Wildman–Crippen MR) is 130 cm³/mol. The van der Waals surface area contributed by atoms with E-state index in [2.05, 4.69) is 16.0 Å². The molecule has 0 saturated carbocycles. The lowest BCUT2D eigenvalue weighted by Gasteiger charge is -2.23. The van der Waals surface area contributed by atoms with Gasteiger partial charge in [0.1, 0.15) is 0 Å². The summed E-state index contributed by atoms with van der Waals surface area (Å²) < 4.78 is 2.12. The molecule has 3 heterocycles. The molecule has 0 radical (unpaired) electrons. The Kier molecular flexibility index (Phi) is 5.33. The van der Waals surface area contributed by atoms with Crippen molar-refractivity contribution in [1.29, 1.82) is 0 Å². The van der Waals surface area contributed by atoms with Crippen LogP contribution in [0, 0.1) is 6.92 Å². The fourth-order valence-electron chi connectivity index (χ4n) is 4.01. The van der Waals surface area contributed by atoms with Gasteiger partial charge in [0.25, 0.3) is 11.8 Å². The van der Waals surface area contributed by atoms with Crippen LogP contribution in [0.5, 0.6) is 0 Å². The number of carbonyl (C=O) groups is 2. The van der Waals surface area contributed by atoms with Crippen molar-refractivity contribution in [2.24, 2.45) is 0 Å². The van der Waals surface area contributed by atoms with E-state index in [-0.39, 0.29) is 11.8 Å². The molecule has 2 amide bonds. The predicted octanol–water partition coefficient (Wildman–Crippen LogP) is 5.96. The molecule has 0 atom stereocenters. The Balaban J connectivity index is 1.43. The number of amides is 2. The van der Waals surface area contributed by atoms with E-state index in [9.17, 15) is 9.59 Å². The number of halogens is 1. The SMILES string of the molecule is Cc1ccsc1C(=O)Nc1ccc(C(=O)N2CCc3cccn3-c3ccccc32)c(Cl)c1. The van der Waals surface area contributed by atoms with Crippen molar-refractivity contribution < 1.29 is 9.59 Å². The molecule has 2 aromatic heterocycles. The highest BCUT2D eigenvalue weighted by molar-refractivity contribution is 7.12. The summed E-state index contributed by atoms with van der Waals surface area (Å²) in [5.74, 6) is -0.351. The van der Waals surface area contributed by atoms with Gasteiger partial charge in [0, 0.05) is 30.5 Å². The molecule has 2 aromatic carbocycles. The van der Waals surface area contributed by atoms with E-state index in [0.717, 1.165) is 29.1 Å². The maximum atomic E-state index is 13.5. The zero-order valence-electron chi connectivity index (χ0n) is 17.3. The molecule has 4 aromatic rings. The summed E-state index contributed by atoms with van der Waals surface area (Å²) in [6, 6.07) is 18.9. The number of fused-ring (bicyclic) bond motifs is 3. The number of aryl methyl sites for hydroxylation is 1. The highest BCUT2D eigenvalue weighted by atomic mass is 35.5. The Labute approximate surface area is 194 Å². The Bertz CT molecular complexity index is 1340. The van der Waals surface area contributed by atoms with Crippen LogP contribution in [0.1, 0.15) is 31.3 Å². The summed E-state index contributed by atoms with van der Waals surface area (Å²) in [6.07, 6.45) is 2.75. The van der Waals surface area contributed by atoms with Crippen LogP contribution in [0.4, 0.5) is 11.4 Å². The molecule has 0 bridgehead atoms. The summed E-state index contributed by atoms with van der Waals surface area (Å²) in [7, 11) is 0. The molecule has 160 valence electrons. The van der Waals surface area contributed by atoms with Crippen LogP contribution < -0.4 is 10.2 Å². The number of carbonyl (C=O) groups excluding carboxylic acids is 2. The molecular weight excluding hydrogens is 442 g/mol. The highest BCUT2D eigenvalue weighted by Crippen LogP contribution is 2.32. The van der Waals surface area contributed by atoms with Gasteiger partial charge in [-0.25, -0.2) is 0 Å². The first kappa shape index (κ1) is 20.5. The Morgan fingerprint density at radius 3 is 2.59 bits per heavy atom. The number of anilines is 2. The lowest BCUT2D eigenvalue weighted by Crippen LogP contribution is -2.32. The van der Waals surface area contributed by atoms with Gasteiger partial charge in [-0.15, -0.1) is 11.3 Å². The van der Waals surface area contributed by atoms with Gasteiger partial charge in [-0.1, -0.05) is 23.7 Å². The van der Waals surface area contributed by atoms with E-state index >= 15 is 0 Å². The first-order valence-corrected chi connectivity index (χ1v) is 11.5. The number of nitrogens with one attached hydrogen (secondary N) is 1. The quantitative estimate of drug-likeness (QED) is 0.409. The van der Waals surface area contributed by atoms with Gasteiger partial charge in [-0.2, -0.15) is 0 Å². The molecular formula is C25H20ClN3O2S. The van der Waals surface area contributed by atoms with Crippen molar-refractivity contribution in [3.63, 3.8) is 0 Å². The van der Waals surface area contributed by atoms with E-state index in [1.54, 1.807) is 23.1 Å². The fraction of sp³-hybridized carbons (Fsp3) is 0.120. The van der Waals surface area contributed by atoms with Gasteiger partial charge in [-0.3, -0.25) is 9.59 Å². The molecule has 0 unspecified atom stereocenters. The Hall–Kier alpha value is -3.35. The molecule has 1 N–H and O–H groups in total. The minimum atomic E-state index is -0.184. The molecule has 0 saturated heterocycles. The fourth-order valence-corrected chi connectivity index (χ4v) is 5.10. The monoisotopic (exact) mass is 461 g/mol. The van der Waals surface area contributed by atoms with Crippen molar-refractivity contribution in [1.82, 2.24) is 4.57 Å². The second-order valence-electron chi connectivity index (χ2n) is 7.65. The van der Waals surface area contributed by atoms with Crippen LogP contribution in [0.25, 0.3) is 5.69 Å². The number of aromatic nitrogens is 1. The van der Waals surface area contributed by atoms with Gasteiger partial charge >= 0.3 is 0 Å². The third-order valence-corrected chi connectivity index (χ3v) is 6.96. The molecule has 1 aliphatic rings. The second-order valence-corrected chi connectivity index (χ2v) is 8.97. The second kappa shape index (κ2) is 8.30. The summed E-state index contributed by atoms with van der Waals surface area (Å²) in [5, 5.41) is 5.05. The van der Waals surface area contributed by atoms with Gasteiger partial charge < -0.3 is 14.8 Å². The summed E-state index contributed by atoms with van der Waals surface area (Å²) in [4.78, 5) is 28.5. The molecule has 32 heavy (non-hydrogen) atoms. The number of benzene rings is 2. The van der Waals surface area contributed by atoms with E-state index in [4.69, 9.17) is 11.6 Å². The van der Waals surface area contributed by atoms with E-state index < -0.39 is 0 Å². The van der Waals surface area contributed by atoms with Crippen molar-refractivity contribution in [2.75, 3.05) is 16.8 Å². The Morgan fingerprint density at radius 2 is 1.84 bits per heavy atom. The van der Waals surface area contributed by atoms with Gasteiger partial charge in [0.2, 0.25) is 0 Å². The number of rotatable bonds is 3. The van der Waals surface area contributed by atoms with Gasteiger partial charge in [-0.05, 0) is 66.4 Å². The summed E-state index contributed by atoms with van der Waals surface area (Å²) >= 11 is 7.91. The van der Waals surface area contributed by atoms with Crippen LogP contribution in [0.3, 0.4) is 0 Å². The lowest BCUT2D eigenvalue weighted by atomic mass is 10.1. The number of nitrogens with zero attached hydrogens (tertiary/aromatic N) is 2. The first-order chi connectivity index (χ1) is 15.5. The molecule has 5 nitrogen and oxygen atoms in total. The largest absolute Gasteiger partial charge is 0.321 e. The maximum absolute atomic E-state index is 13.5. The van der Waals surface area contributed by atoms with Gasteiger partial charge in [0.15, 0.2) is 0 Å². The number of para-hydroxylation sites is 2. The molecule has 0 spiro atoms. The first-order valence-electron chi connectivity index (χ1n) is 10.3. The third kappa shape index (κ3) is 3.61. The molecule has 5 rings (SSSR count). The number of hydrogen-bond donors (Lipinski definition) is 1. The van der Waals surface area contributed by atoms with Crippen LogP contribution in [0.2, 0.25) is 5.02 Å². The lowest BCUT2D eigenvalue weighted by molar-refractivity contribution is 0.0986. The minimum Gasteiger partial charge on any atom is -0.321 e. The van der Waals surface area contributed by atoms with E-state index in [1.807, 2.05) is 54.9 Å². The molecule has 0 aliphatic carbocycles. The number of hydrogen-bond acceptors (Lipinski definition) is 3. The average molecular weight is 462 g/mol. The van der Waals surface area contributed by atoms with Crippen LogP contribution >= 0.6 is 22.9 Å². The van der Waals surface area contributed by atoms with Crippen molar-refractivity contribution in [2.45, 2.75) is 13.3 Å². The van der Waals surface area contributed by atoms with Crippen LogP contribution in [-0.2, 0) is 6.42 Å². The summed E-state index contributed by atoms with van der Waals surface area (Å²) in [6.45, 7) is 2.45. The van der Waals surface area contributed by atoms with Crippen LogP contribution in [-0.4, -0.2) is 22.9 Å². The third-order valence-electron chi connectivity index (χ3n) is 5.63. The summed E-state index contributed by atoms with van der Waals surface area (Å²) in [5.41, 5.74) is 4.84. The smallest absolute Gasteiger partial charge is 0.265 e. The zero-order valence-corrected chi connectivity index (χ0v) is 18.9. The van der Waals surface area contributed by atoms with Crippen molar-refractivity contribution in [3.05, 3.63) is 99.0 Å². The Morgan fingerprint density at radius 1 is 1.03 bits per heavy atom. The van der Waals surface area contributed by atoms with Crippen LogP contribution in [0.15, 0.2) is 72.2 Å². The van der Waals surface area contributed by atoms with Crippen molar-refractivity contribution >= 4 is 46.1 Å². The normalized spacial score (nSPS) is 12.6. The zero-order chi connectivity index (χ0) is 22.2. The van der Waals surface area contributed by atoms with E-state index in [1.165, 1.54) is 11.3 Å². The molecule has 0 fully saturated rings. The minimum absolute atomic E-state index is 0.166. The standard InChI is InChI=1S/C25H20ClN3O2S/c1-16-11-14-32-23(16)24(30)27-17-8-9-19(20(26)15-17)25(31)29-13-10-18-5-4-12-28(18)21-6-2-3-7-22(21)29/h2-9,11-12,14-15H,10,13H2,1H3,(H,27,30). The topological polar surface area (TPSA) is 54.3 Å². The van der Waals surface area contributed by atoms with Gasteiger partial charge in [0.05, 0.1) is 26.8 Å². The average Bonchev–Trinajstić information content (AvgIpc) is 3.40.